The van der Waals surface area contributed by atoms with E-state index >= 15 is 0 Å². The Hall–Kier alpha value is -4.25. The van der Waals surface area contributed by atoms with Crippen LogP contribution in [0.3, 0.4) is 0 Å². The number of rotatable bonds is 9. The summed E-state index contributed by atoms with van der Waals surface area (Å²) in [6.45, 7) is 0.0444. The first-order valence-electron chi connectivity index (χ1n) is 9.97. The van der Waals surface area contributed by atoms with Gasteiger partial charge in [-0.3, -0.25) is 19.2 Å². The molecule has 0 heterocycles. The van der Waals surface area contributed by atoms with Crippen molar-refractivity contribution in [3.05, 3.63) is 99.6 Å². The highest BCUT2D eigenvalue weighted by Crippen LogP contribution is 2.27. The monoisotopic (exact) mass is 482 g/mol. The Morgan fingerprint density at radius 3 is 2.44 bits per heavy atom. The van der Waals surface area contributed by atoms with Crippen LogP contribution >= 0.6 is 0 Å². The minimum Gasteiger partial charge on any atom is -0.490 e. The van der Waals surface area contributed by atoms with Crippen molar-refractivity contribution in [3.63, 3.8) is 0 Å². The van der Waals surface area contributed by atoms with E-state index in [1.165, 1.54) is 37.6 Å². The molecule has 3 aromatic rings. The Balaban J connectivity index is 1.85. The molecular formula is C23H22N4O6S. The highest BCUT2D eigenvalue weighted by atomic mass is 32.2. The van der Waals surface area contributed by atoms with E-state index in [0.717, 1.165) is 16.1 Å². The van der Waals surface area contributed by atoms with Gasteiger partial charge in [-0.2, -0.15) is 5.10 Å². The summed E-state index contributed by atoms with van der Waals surface area (Å²) in [5.41, 5.74) is 3.51. The molecule has 0 radical (unpaired) electrons. The first kappa shape index (κ1) is 24.4. The van der Waals surface area contributed by atoms with Crippen molar-refractivity contribution in [2.75, 3.05) is 17.7 Å². The van der Waals surface area contributed by atoms with Crippen LogP contribution in [0.5, 0.6) is 5.75 Å². The van der Waals surface area contributed by atoms with Crippen molar-refractivity contribution in [3.8, 4) is 5.75 Å². The standard InChI is InChI=1S/C23H22N4O6S/c1-33-22-13-12-18(14-21(22)27(29)30)15-24-25-23(28)19-10-6-7-11-20(19)26(34(2,31)32)16-17-8-4-3-5-9-17/h3-15H,16H2,1-2H3,(H,25,28)/b24-15+. The molecular weight excluding hydrogens is 460 g/mol. The summed E-state index contributed by atoms with van der Waals surface area (Å²) in [6.07, 6.45) is 2.31. The molecule has 176 valence electrons. The Labute approximate surface area is 196 Å². The van der Waals surface area contributed by atoms with Crippen molar-refractivity contribution in [2.24, 2.45) is 5.10 Å². The molecule has 0 bridgehead atoms. The number of nitro benzene ring substituents is 1. The number of para-hydroxylation sites is 1. The summed E-state index contributed by atoms with van der Waals surface area (Å²) < 4.78 is 31.2. The molecule has 3 aromatic carbocycles. The van der Waals surface area contributed by atoms with Gasteiger partial charge in [0.15, 0.2) is 5.75 Å². The fourth-order valence-corrected chi connectivity index (χ4v) is 4.07. The minimum absolute atomic E-state index is 0.0444. The molecule has 0 unspecified atom stereocenters. The number of amides is 1. The second-order valence-corrected chi connectivity index (χ2v) is 9.07. The number of anilines is 1. The predicted molar refractivity (Wildman–Crippen MR) is 129 cm³/mol. The molecule has 0 fully saturated rings. The Morgan fingerprint density at radius 1 is 1.12 bits per heavy atom. The van der Waals surface area contributed by atoms with Gasteiger partial charge in [0, 0.05) is 11.6 Å². The van der Waals surface area contributed by atoms with Crippen molar-refractivity contribution in [1.82, 2.24) is 5.43 Å². The zero-order chi connectivity index (χ0) is 24.7. The summed E-state index contributed by atoms with van der Waals surface area (Å²) in [6, 6.07) is 19.5. The molecule has 0 aliphatic rings. The van der Waals surface area contributed by atoms with Gasteiger partial charge in [-0.05, 0) is 29.8 Å². The number of carbonyl (C=O) groups excluding carboxylic acids is 1. The average molecular weight is 483 g/mol. The number of ether oxygens (including phenoxy) is 1. The van der Waals surface area contributed by atoms with Gasteiger partial charge in [-0.15, -0.1) is 0 Å². The Morgan fingerprint density at radius 2 is 1.79 bits per heavy atom. The van der Waals surface area contributed by atoms with E-state index in [9.17, 15) is 23.3 Å². The number of nitrogens with one attached hydrogen (secondary N) is 1. The van der Waals surface area contributed by atoms with Gasteiger partial charge in [0.2, 0.25) is 10.0 Å². The molecule has 0 spiro atoms. The van der Waals surface area contributed by atoms with Crippen LogP contribution in [0.15, 0.2) is 77.9 Å². The summed E-state index contributed by atoms with van der Waals surface area (Å²) in [7, 11) is -2.39. The van der Waals surface area contributed by atoms with E-state index in [1.54, 1.807) is 42.5 Å². The molecule has 3 rings (SSSR count). The van der Waals surface area contributed by atoms with Gasteiger partial charge >= 0.3 is 5.69 Å². The summed E-state index contributed by atoms with van der Waals surface area (Å²) in [4.78, 5) is 23.4. The van der Waals surface area contributed by atoms with Crippen LogP contribution < -0.4 is 14.5 Å². The van der Waals surface area contributed by atoms with Crippen molar-refractivity contribution in [2.45, 2.75) is 6.54 Å². The van der Waals surface area contributed by atoms with Crippen LogP contribution in [0.25, 0.3) is 0 Å². The van der Waals surface area contributed by atoms with E-state index in [-0.39, 0.29) is 29.2 Å². The minimum atomic E-state index is -3.72. The molecule has 0 atom stereocenters. The zero-order valence-corrected chi connectivity index (χ0v) is 19.2. The maximum atomic E-state index is 12.8. The average Bonchev–Trinajstić information content (AvgIpc) is 2.82. The second kappa shape index (κ2) is 10.6. The quantitative estimate of drug-likeness (QED) is 0.283. The fourth-order valence-electron chi connectivity index (χ4n) is 3.17. The van der Waals surface area contributed by atoms with Crippen LogP contribution in [-0.2, 0) is 16.6 Å². The van der Waals surface area contributed by atoms with Gasteiger partial charge in [-0.1, -0.05) is 42.5 Å². The van der Waals surface area contributed by atoms with Gasteiger partial charge in [0.25, 0.3) is 5.91 Å². The molecule has 0 saturated carbocycles. The fraction of sp³-hybridized carbons (Fsp3) is 0.130. The van der Waals surface area contributed by atoms with Gasteiger partial charge in [0.05, 0.1) is 42.3 Å². The molecule has 1 amide bonds. The Bertz CT molecular complexity index is 1330. The van der Waals surface area contributed by atoms with Crippen molar-refractivity contribution >= 4 is 33.5 Å². The zero-order valence-electron chi connectivity index (χ0n) is 18.4. The van der Waals surface area contributed by atoms with Crippen LogP contribution in [0.1, 0.15) is 21.5 Å². The number of carbonyl (C=O) groups is 1. The molecule has 10 nitrogen and oxygen atoms in total. The van der Waals surface area contributed by atoms with Crippen LogP contribution in [0, 0.1) is 10.1 Å². The first-order valence-corrected chi connectivity index (χ1v) is 11.8. The lowest BCUT2D eigenvalue weighted by Gasteiger charge is -2.24. The van der Waals surface area contributed by atoms with E-state index in [4.69, 9.17) is 4.74 Å². The van der Waals surface area contributed by atoms with Crippen LogP contribution in [0.4, 0.5) is 11.4 Å². The lowest BCUT2D eigenvalue weighted by molar-refractivity contribution is -0.385. The number of nitro groups is 1. The molecule has 1 N–H and O–H groups in total. The van der Waals surface area contributed by atoms with Gasteiger partial charge in [0.1, 0.15) is 0 Å². The Kier molecular flexibility index (Phi) is 7.59. The van der Waals surface area contributed by atoms with E-state index < -0.39 is 20.9 Å². The summed E-state index contributed by atoms with van der Waals surface area (Å²) in [5, 5.41) is 15.0. The smallest absolute Gasteiger partial charge is 0.311 e. The lowest BCUT2D eigenvalue weighted by Crippen LogP contribution is -2.32. The first-order chi connectivity index (χ1) is 16.2. The van der Waals surface area contributed by atoms with Crippen LogP contribution in [0.2, 0.25) is 0 Å². The number of hydrogen-bond acceptors (Lipinski definition) is 7. The molecule has 0 saturated heterocycles. The number of hydrogen-bond donors (Lipinski definition) is 1. The maximum absolute atomic E-state index is 12.8. The SMILES string of the molecule is COc1ccc(/C=N/NC(=O)c2ccccc2N(Cc2ccccc2)S(C)(=O)=O)cc1[N+](=O)[O-]. The number of sulfonamides is 1. The van der Waals surface area contributed by atoms with Gasteiger partial charge in [-0.25, -0.2) is 13.8 Å². The van der Waals surface area contributed by atoms with Gasteiger partial charge < -0.3 is 4.74 Å². The second-order valence-electron chi connectivity index (χ2n) is 7.16. The van der Waals surface area contributed by atoms with E-state index in [2.05, 4.69) is 10.5 Å². The molecule has 11 heteroatoms. The predicted octanol–water partition coefficient (Wildman–Crippen LogP) is 3.33. The van der Waals surface area contributed by atoms with Crippen molar-refractivity contribution < 1.29 is 22.9 Å². The third-order valence-corrected chi connectivity index (χ3v) is 5.89. The number of methoxy groups -OCH3 is 1. The molecule has 0 aromatic heterocycles. The summed E-state index contributed by atoms with van der Waals surface area (Å²) >= 11 is 0. The number of nitrogens with zero attached hydrogens (tertiary/aromatic N) is 3. The molecule has 0 aliphatic carbocycles. The van der Waals surface area contributed by atoms with Crippen molar-refractivity contribution in [1.29, 1.82) is 0 Å². The largest absolute Gasteiger partial charge is 0.490 e. The summed E-state index contributed by atoms with van der Waals surface area (Å²) in [5.74, 6) is -0.545. The lowest BCUT2D eigenvalue weighted by atomic mass is 10.1. The normalized spacial score (nSPS) is 11.2. The molecule has 0 aliphatic heterocycles. The van der Waals surface area contributed by atoms with E-state index in [1.807, 2.05) is 6.07 Å². The topological polar surface area (TPSA) is 131 Å². The molecule has 34 heavy (non-hydrogen) atoms. The number of benzene rings is 3. The maximum Gasteiger partial charge on any atom is 0.311 e. The van der Waals surface area contributed by atoms with E-state index in [0.29, 0.717) is 5.56 Å². The van der Waals surface area contributed by atoms with Crippen LogP contribution in [-0.4, -0.2) is 38.8 Å². The number of hydrazone groups is 1. The third kappa shape index (κ3) is 5.95. The third-order valence-electron chi connectivity index (χ3n) is 4.77. The highest BCUT2D eigenvalue weighted by Gasteiger charge is 2.23. The highest BCUT2D eigenvalue weighted by molar-refractivity contribution is 7.92.